The smallest absolute Gasteiger partial charge is 0.306 e. The summed E-state index contributed by atoms with van der Waals surface area (Å²) in [6.45, 7) is 3.92. The van der Waals surface area contributed by atoms with Crippen LogP contribution < -0.4 is 0 Å². The largest absolute Gasteiger partial charge is 0.462 e. The van der Waals surface area contributed by atoms with E-state index in [1.165, 1.54) is 128 Å². The summed E-state index contributed by atoms with van der Waals surface area (Å²) in [7, 11) is 0. The molecule has 1 atom stereocenters. The topological polar surface area (TPSA) is 72.8 Å². The second-order valence-corrected chi connectivity index (χ2v) is 21.4. The highest BCUT2D eigenvalue weighted by Gasteiger charge is 2.16. The molecule has 0 amide bonds. The standard InChI is InChI=1S/C75H122O5/c1-3-5-7-9-11-13-15-17-19-21-23-25-27-29-31-33-35-36-37-38-40-41-43-45-47-49-51-53-55-57-59-61-63-65-67-69-74(77)79-72-73(71-76)80-75(78)70-68-66-64-62-60-58-56-54-52-50-48-46-44-42-39-34-32-30-28-26-24-22-20-18-16-14-12-10-8-6-4-2/h5-8,11-14,17-20,23-26,29-32,35-36,39,42,46,48,73,76H,3-4,9-10,15-16,21-22,27-28,33-34,37-38,40-41,43-45,47,49-72H2,1-2H3/b7-5-,8-6-,13-11-,14-12-,19-17-,20-18-,25-23-,26-24-,31-29-,32-30-,36-35-,42-39-,48-46-. The van der Waals surface area contributed by atoms with Gasteiger partial charge in [0.15, 0.2) is 6.10 Å². The van der Waals surface area contributed by atoms with Gasteiger partial charge in [-0.05, 0) is 122 Å². The second kappa shape index (κ2) is 68.8. The summed E-state index contributed by atoms with van der Waals surface area (Å²) < 4.78 is 10.7. The van der Waals surface area contributed by atoms with E-state index in [1.54, 1.807) is 0 Å². The van der Waals surface area contributed by atoms with Gasteiger partial charge in [-0.25, -0.2) is 0 Å². The first-order valence-electron chi connectivity index (χ1n) is 33.0. The number of aliphatic hydroxyl groups excluding tert-OH is 1. The van der Waals surface area contributed by atoms with Gasteiger partial charge in [0.05, 0.1) is 6.61 Å². The van der Waals surface area contributed by atoms with Crippen LogP contribution in [0.5, 0.6) is 0 Å². The van der Waals surface area contributed by atoms with Gasteiger partial charge in [-0.1, -0.05) is 307 Å². The van der Waals surface area contributed by atoms with Crippen molar-refractivity contribution in [1.82, 2.24) is 0 Å². The zero-order valence-corrected chi connectivity index (χ0v) is 51.8. The van der Waals surface area contributed by atoms with Crippen LogP contribution in [0, 0.1) is 0 Å². The normalized spacial score (nSPS) is 13.3. The molecule has 0 bridgehead atoms. The highest BCUT2D eigenvalue weighted by Crippen LogP contribution is 2.16. The van der Waals surface area contributed by atoms with E-state index in [0.29, 0.717) is 12.8 Å². The first kappa shape index (κ1) is 75.5. The fourth-order valence-electron chi connectivity index (χ4n) is 8.95. The molecule has 1 unspecified atom stereocenters. The molecule has 0 aliphatic heterocycles. The van der Waals surface area contributed by atoms with Gasteiger partial charge in [-0.2, -0.15) is 0 Å². The predicted octanol–water partition coefficient (Wildman–Crippen LogP) is 23.1. The summed E-state index contributed by atoms with van der Waals surface area (Å²) in [5.41, 5.74) is 0. The molecule has 5 heteroatoms. The molecule has 452 valence electrons. The van der Waals surface area contributed by atoms with Gasteiger partial charge in [0.25, 0.3) is 0 Å². The van der Waals surface area contributed by atoms with Crippen molar-refractivity contribution in [2.24, 2.45) is 0 Å². The molecule has 0 aliphatic rings. The maximum Gasteiger partial charge on any atom is 0.306 e. The Morgan fingerprint density at radius 2 is 0.500 bits per heavy atom. The lowest BCUT2D eigenvalue weighted by Crippen LogP contribution is -2.28. The molecule has 0 spiro atoms. The molecule has 0 radical (unpaired) electrons. The van der Waals surface area contributed by atoms with E-state index in [-0.39, 0.29) is 25.2 Å². The molecular weight excluding hydrogens is 981 g/mol. The van der Waals surface area contributed by atoms with Crippen molar-refractivity contribution in [3.63, 3.8) is 0 Å². The molecule has 80 heavy (non-hydrogen) atoms. The average molecular weight is 1100 g/mol. The lowest BCUT2D eigenvalue weighted by Gasteiger charge is -2.15. The molecule has 0 saturated carbocycles. The summed E-state index contributed by atoms with van der Waals surface area (Å²) in [4.78, 5) is 24.6. The molecule has 0 heterocycles. The van der Waals surface area contributed by atoms with Crippen LogP contribution in [0.15, 0.2) is 158 Å². The van der Waals surface area contributed by atoms with E-state index < -0.39 is 6.10 Å². The van der Waals surface area contributed by atoms with Crippen molar-refractivity contribution in [2.45, 2.75) is 290 Å². The Labute approximate surface area is 494 Å². The number of aliphatic hydroxyl groups is 1. The Kier molecular flexibility index (Phi) is 64.9. The summed E-state index contributed by atoms with van der Waals surface area (Å²) in [5.74, 6) is -0.599. The van der Waals surface area contributed by atoms with Crippen molar-refractivity contribution in [3.8, 4) is 0 Å². The van der Waals surface area contributed by atoms with Gasteiger partial charge >= 0.3 is 11.9 Å². The van der Waals surface area contributed by atoms with Gasteiger partial charge in [0, 0.05) is 12.8 Å². The van der Waals surface area contributed by atoms with Crippen LogP contribution in [0.2, 0.25) is 0 Å². The average Bonchev–Trinajstić information content (AvgIpc) is 3.46. The molecule has 0 rings (SSSR count). The number of carbonyl (C=O) groups excluding carboxylic acids is 2. The van der Waals surface area contributed by atoms with Crippen molar-refractivity contribution in [2.75, 3.05) is 13.2 Å². The van der Waals surface area contributed by atoms with Crippen LogP contribution >= 0.6 is 0 Å². The highest BCUT2D eigenvalue weighted by molar-refractivity contribution is 5.70. The molecule has 0 aromatic heterocycles. The van der Waals surface area contributed by atoms with Crippen LogP contribution in [0.3, 0.4) is 0 Å². The fraction of sp³-hybridized carbons (Fsp3) is 0.627. The third-order valence-electron chi connectivity index (χ3n) is 13.8. The SMILES string of the molecule is CC/C=C\C/C=C\C/C=C\C/C=C\C/C=C\C/C=C\C/C=C\CCCCCCCCCCCC(=O)OC(CO)COC(=O)CCCCCCCCCCCCCCCCCC/C=C\C/C=C\C/C=C\C/C=C\C/C=C\C/C=C\CC. The summed E-state index contributed by atoms with van der Waals surface area (Å²) in [6.07, 6.45) is 105. The molecule has 1 N–H and O–H groups in total. The molecule has 0 aromatic carbocycles. The minimum atomic E-state index is -0.787. The Morgan fingerprint density at radius 3 is 0.750 bits per heavy atom. The van der Waals surface area contributed by atoms with Crippen molar-refractivity contribution in [3.05, 3.63) is 158 Å². The lowest BCUT2D eigenvalue weighted by atomic mass is 10.0. The first-order valence-corrected chi connectivity index (χ1v) is 33.0. The molecular formula is C75H122O5. The number of rotatable bonds is 59. The summed E-state index contributed by atoms with van der Waals surface area (Å²) in [5, 5.41) is 9.69. The summed E-state index contributed by atoms with van der Waals surface area (Å²) >= 11 is 0. The van der Waals surface area contributed by atoms with Crippen molar-refractivity contribution >= 4 is 11.9 Å². The minimum absolute atomic E-state index is 0.0754. The maximum absolute atomic E-state index is 12.4. The monoisotopic (exact) mass is 1100 g/mol. The molecule has 0 aliphatic carbocycles. The highest BCUT2D eigenvalue weighted by atomic mass is 16.6. The zero-order valence-electron chi connectivity index (χ0n) is 51.8. The Hall–Kier alpha value is -4.48. The van der Waals surface area contributed by atoms with Crippen LogP contribution in [-0.2, 0) is 19.1 Å². The van der Waals surface area contributed by atoms with Gasteiger partial charge in [-0.3, -0.25) is 9.59 Å². The van der Waals surface area contributed by atoms with Crippen molar-refractivity contribution in [1.29, 1.82) is 0 Å². The van der Waals surface area contributed by atoms with E-state index >= 15 is 0 Å². The summed E-state index contributed by atoms with van der Waals surface area (Å²) in [6, 6.07) is 0. The van der Waals surface area contributed by atoms with Crippen molar-refractivity contribution < 1.29 is 24.2 Å². The second-order valence-electron chi connectivity index (χ2n) is 21.4. The van der Waals surface area contributed by atoms with Gasteiger partial charge in [-0.15, -0.1) is 0 Å². The van der Waals surface area contributed by atoms with E-state index in [4.69, 9.17) is 9.47 Å². The number of ether oxygens (including phenoxy) is 2. The number of hydrogen-bond donors (Lipinski definition) is 1. The maximum atomic E-state index is 12.4. The van der Waals surface area contributed by atoms with E-state index in [1.807, 2.05) is 0 Å². The van der Waals surface area contributed by atoms with Crippen LogP contribution in [-0.4, -0.2) is 36.4 Å². The fourth-order valence-corrected chi connectivity index (χ4v) is 8.95. The number of esters is 2. The van der Waals surface area contributed by atoms with E-state index in [9.17, 15) is 14.7 Å². The van der Waals surface area contributed by atoms with Crippen LogP contribution in [0.25, 0.3) is 0 Å². The molecule has 5 nitrogen and oxygen atoms in total. The third-order valence-corrected chi connectivity index (χ3v) is 13.8. The number of hydrogen-bond acceptors (Lipinski definition) is 5. The number of carbonyl (C=O) groups is 2. The molecule has 0 fully saturated rings. The Morgan fingerprint density at radius 1 is 0.287 bits per heavy atom. The molecule has 0 saturated heterocycles. The van der Waals surface area contributed by atoms with E-state index in [2.05, 4.69) is 172 Å². The lowest BCUT2D eigenvalue weighted by molar-refractivity contribution is -0.161. The Balaban J connectivity index is 3.53. The van der Waals surface area contributed by atoms with Gasteiger partial charge < -0.3 is 14.6 Å². The van der Waals surface area contributed by atoms with Gasteiger partial charge in [0.2, 0.25) is 0 Å². The van der Waals surface area contributed by atoms with Crippen LogP contribution in [0.4, 0.5) is 0 Å². The first-order chi connectivity index (χ1) is 39.6. The number of unbranched alkanes of at least 4 members (excludes halogenated alkanes) is 25. The number of allylic oxidation sites excluding steroid dienone is 26. The predicted molar refractivity (Wildman–Crippen MR) is 352 cm³/mol. The minimum Gasteiger partial charge on any atom is -0.462 e. The van der Waals surface area contributed by atoms with Crippen LogP contribution in [0.1, 0.15) is 284 Å². The molecule has 0 aromatic rings. The quantitative estimate of drug-likeness (QED) is 0.0373. The van der Waals surface area contributed by atoms with Gasteiger partial charge in [0.1, 0.15) is 6.61 Å². The Bertz CT molecular complexity index is 1730. The zero-order chi connectivity index (χ0) is 57.6. The third kappa shape index (κ3) is 66.0. The van der Waals surface area contributed by atoms with E-state index in [0.717, 1.165) is 128 Å².